The second-order valence-electron chi connectivity index (χ2n) is 3.97. The van der Waals surface area contributed by atoms with Crippen LogP contribution >= 0.6 is 22.6 Å². The molecule has 1 unspecified atom stereocenters. The van der Waals surface area contributed by atoms with E-state index in [0.29, 0.717) is 15.8 Å². The Morgan fingerprint density at radius 2 is 2.06 bits per heavy atom. The van der Waals surface area contributed by atoms with Crippen molar-refractivity contribution in [2.24, 2.45) is 5.92 Å². The van der Waals surface area contributed by atoms with Crippen LogP contribution in [0, 0.1) is 21.1 Å². The SMILES string of the molecule is O=C1CC(CO)CN1c1cc(F)c(F)cc1I. The summed E-state index contributed by atoms with van der Waals surface area (Å²) in [6, 6.07) is 2.08. The molecule has 1 amide bonds. The van der Waals surface area contributed by atoms with Crippen molar-refractivity contribution in [2.75, 3.05) is 18.1 Å². The number of amides is 1. The quantitative estimate of drug-likeness (QED) is 0.652. The molecule has 17 heavy (non-hydrogen) atoms. The summed E-state index contributed by atoms with van der Waals surface area (Å²) in [7, 11) is 0. The lowest BCUT2D eigenvalue weighted by molar-refractivity contribution is -0.117. The number of anilines is 1. The van der Waals surface area contributed by atoms with Crippen LogP contribution in [0.3, 0.4) is 0 Å². The second kappa shape index (κ2) is 4.85. The van der Waals surface area contributed by atoms with Crippen molar-refractivity contribution >= 4 is 34.2 Å². The van der Waals surface area contributed by atoms with Crippen molar-refractivity contribution in [2.45, 2.75) is 6.42 Å². The van der Waals surface area contributed by atoms with E-state index in [0.717, 1.165) is 12.1 Å². The maximum atomic E-state index is 13.2. The number of hydrogen-bond donors (Lipinski definition) is 1. The number of benzene rings is 1. The molecule has 1 fully saturated rings. The predicted molar refractivity (Wildman–Crippen MR) is 66.6 cm³/mol. The van der Waals surface area contributed by atoms with E-state index in [9.17, 15) is 13.6 Å². The van der Waals surface area contributed by atoms with Gasteiger partial charge in [-0.2, -0.15) is 0 Å². The van der Waals surface area contributed by atoms with Gasteiger partial charge in [-0.25, -0.2) is 8.78 Å². The highest BCUT2D eigenvalue weighted by Crippen LogP contribution is 2.30. The van der Waals surface area contributed by atoms with Crippen molar-refractivity contribution < 1.29 is 18.7 Å². The number of halogens is 3. The molecule has 1 heterocycles. The molecule has 0 aliphatic carbocycles. The molecule has 1 aromatic rings. The highest BCUT2D eigenvalue weighted by atomic mass is 127. The van der Waals surface area contributed by atoms with Crippen LogP contribution in [0.2, 0.25) is 0 Å². The molecule has 0 spiro atoms. The van der Waals surface area contributed by atoms with Gasteiger partial charge in [0.25, 0.3) is 0 Å². The van der Waals surface area contributed by atoms with Gasteiger partial charge in [-0.1, -0.05) is 0 Å². The molecule has 0 radical (unpaired) electrons. The molecule has 1 aliphatic rings. The first-order valence-electron chi connectivity index (χ1n) is 5.08. The van der Waals surface area contributed by atoms with E-state index in [-0.39, 0.29) is 24.9 Å². The molecule has 1 N–H and O–H groups in total. The minimum absolute atomic E-state index is 0.0809. The first-order chi connectivity index (χ1) is 8.02. The fourth-order valence-corrected chi connectivity index (χ4v) is 2.58. The van der Waals surface area contributed by atoms with Crippen LogP contribution in [0.15, 0.2) is 12.1 Å². The van der Waals surface area contributed by atoms with Crippen molar-refractivity contribution in [3.05, 3.63) is 27.3 Å². The van der Waals surface area contributed by atoms with Gasteiger partial charge >= 0.3 is 0 Å². The van der Waals surface area contributed by atoms with Gasteiger partial charge in [0, 0.05) is 35.1 Å². The summed E-state index contributed by atoms with van der Waals surface area (Å²) in [5, 5.41) is 9.00. The Bertz CT molecular complexity index is 467. The van der Waals surface area contributed by atoms with Gasteiger partial charge in [0.1, 0.15) is 0 Å². The zero-order valence-corrected chi connectivity index (χ0v) is 10.9. The van der Waals surface area contributed by atoms with Crippen LogP contribution in [0.5, 0.6) is 0 Å². The Morgan fingerprint density at radius 1 is 1.41 bits per heavy atom. The number of nitrogens with zero attached hydrogens (tertiary/aromatic N) is 1. The molecule has 1 atom stereocenters. The van der Waals surface area contributed by atoms with Crippen LogP contribution in [0.1, 0.15) is 6.42 Å². The van der Waals surface area contributed by atoms with E-state index in [2.05, 4.69) is 0 Å². The van der Waals surface area contributed by atoms with Gasteiger partial charge in [-0.15, -0.1) is 0 Å². The minimum Gasteiger partial charge on any atom is -0.396 e. The van der Waals surface area contributed by atoms with Crippen LogP contribution < -0.4 is 4.90 Å². The molecule has 3 nitrogen and oxygen atoms in total. The summed E-state index contributed by atoms with van der Waals surface area (Å²) < 4.78 is 26.6. The number of aliphatic hydroxyl groups excluding tert-OH is 1. The predicted octanol–water partition coefficient (Wildman–Crippen LogP) is 1.91. The highest BCUT2D eigenvalue weighted by molar-refractivity contribution is 14.1. The van der Waals surface area contributed by atoms with E-state index < -0.39 is 11.6 Å². The molecule has 1 aliphatic heterocycles. The Labute approximate surface area is 111 Å². The third-order valence-electron chi connectivity index (χ3n) is 2.74. The number of carbonyl (C=O) groups is 1. The maximum absolute atomic E-state index is 13.2. The first-order valence-corrected chi connectivity index (χ1v) is 6.16. The zero-order chi connectivity index (χ0) is 12.6. The third kappa shape index (κ3) is 2.42. The molecule has 1 aromatic carbocycles. The van der Waals surface area contributed by atoms with Gasteiger partial charge in [0.15, 0.2) is 11.6 Å². The maximum Gasteiger partial charge on any atom is 0.227 e. The van der Waals surface area contributed by atoms with Crippen molar-refractivity contribution in [3.63, 3.8) is 0 Å². The Balaban J connectivity index is 2.35. The molecule has 0 bridgehead atoms. The lowest BCUT2D eigenvalue weighted by Crippen LogP contribution is -2.26. The van der Waals surface area contributed by atoms with Gasteiger partial charge in [0.2, 0.25) is 5.91 Å². The molecule has 2 rings (SSSR count). The molecule has 0 saturated carbocycles. The number of aliphatic hydroxyl groups is 1. The summed E-state index contributed by atoms with van der Waals surface area (Å²) in [6.07, 6.45) is 0.242. The average molecular weight is 353 g/mol. The van der Waals surface area contributed by atoms with Crippen molar-refractivity contribution in [1.82, 2.24) is 0 Å². The Hall–Kier alpha value is -0.760. The highest BCUT2D eigenvalue weighted by Gasteiger charge is 2.31. The fraction of sp³-hybridized carbons (Fsp3) is 0.364. The van der Waals surface area contributed by atoms with E-state index in [1.807, 2.05) is 22.6 Å². The van der Waals surface area contributed by atoms with E-state index in [4.69, 9.17) is 5.11 Å². The zero-order valence-electron chi connectivity index (χ0n) is 8.79. The molecular formula is C11H10F2INO2. The lowest BCUT2D eigenvalue weighted by Gasteiger charge is -2.18. The number of hydrogen-bond acceptors (Lipinski definition) is 2. The smallest absolute Gasteiger partial charge is 0.227 e. The molecule has 1 saturated heterocycles. The van der Waals surface area contributed by atoms with Crippen molar-refractivity contribution in [3.8, 4) is 0 Å². The van der Waals surface area contributed by atoms with Crippen molar-refractivity contribution in [1.29, 1.82) is 0 Å². The topological polar surface area (TPSA) is 40.5 Å². The van der Waals surface area contributed by atoms with Crippen LogP contribution in [0.4, 0.5) is 14.5 Å². The minimum atomic E-state index is -0.972. The summed E-state index contributed by atoms with van der Waals surface area (Å²) in [6.45, 7) is 0.263. The molecule has 0 aromatic heterocycles. The standard InChI is InChI=1S/C11H10F2INO2/c12-7-2-9(14)10(3-8(7)13)15-4-6(5-16)1-11(15)17/h2-3,6,16H,1,4-5H2. The Morgan fingerprint density at radius 3 is 2.65 bits per heavy atom. The fourth-order valence-electron chi connectivity index (χ4n) is 1.86. The van der Waals surface area contributed by atoms with Crippen LogP contribution in [-0.2, 0) is 4.79 Å². The van der Waals surface area contributed by atoms with Gasteiger partial charge in [-0.3, -0.25) is 4.79 Å². The summed E-state index contributed by atoms with van der Waals surface area (Å²) in [4.78, 5) is 13.1. The molecule has 6 heteroatoms. The average Bonchev–Trinajstić information content (AvgIpc) is 2.65. The number of carbonyl (C=O) groups excluding carboxylic acids is 1. The van der Waals surface area contributed by atoms with Gasteiger partial charge in [0.05, 0.1) is 5.69 Å². The third-order valence-corrected chi connectivity index (χ3v) is 3.61. The summed E-state index contributed by atoms with van der Waals surface area (Å²) in [5.74, 6) is -2.21. The van der Waals surface area contributed by atoms with Crippen LogP contribution in [-0.4, -0.2) is 24.2 Å². The summed E-state index contributed by atoms with van der Waals surface area (Å²) >= 11 is 1.86. The van der Waals surface area contributed by atoms with Gasteiger partial charge < -0.3 is 10.0 Å². The molecule has 92 valence electrons. The first kappa shape index (κ1) is 12.7. The monoisotopic (exact) mass is 353 g/mol. The normalized spacial score (nSPS) is 20.1. The largest absolute Gasteiger partial charge is 0.396 e. The Kier molecular flexibility index (Phi) is 3.62. The second-order valence-corrected chi connectivity index (χ2v) is 5.14. The van der Waals surface area contributed by atoms with Crippen LogP contribution in [0.25, 0.3) is 0 Å². The van der Waals surface area contributed by atoms with E-state index in [1.165, 1.54) is 4.90 Å². The van der Waals surface area contributed by atoms with Gasteiger partial charge in [-0.05, 0) is 28.7 Å². The lowest BCUT2D eigenvalue weighted by atomic mass is 10.1. The molecular weight excluding hydrogens is 343 g/mol. The summed E-state index contributed by atoms with van der Waals surface area (Å²) in [5.41, 5.74) is 0.366. The van der Waals surface area contributed by atoms with E-state index >= 15 is 0 Å². The van der Waals surface area contributed by atoms with E-state index in [1.54, 1.807) is 0 Å². The number of rotatable bonds is 2.